The van der Waals surface area contributed by atoms with E-state index in [2.05, 4.69) is 40.1 Å². The second-order valence-electron chi connectivity index (χ2n) is 8.74. The summed E-state index contributed by atoms with van der Waals surface area (Å²) < 4.78 is 5.75. The van der Waals surface area contributed by atoms with E-state index >= 15 is 0 Å². The molecule has 1 saturated heterocycles. The zero-order valence-electron chi connectivity index (χ0n) is 19.3. The summed E-state index contributed by atoms with van der Waals surface area (Å²) in [5.74, 6) is 0.773. The SMILES string of the molecule is S=c1n(CN2CCN(c3cccc(Cl)c3)CC2)nc(-c2sc3ccccc3c2Cl)n1-c1ccccc1. The predicted octanol–water partition coefficient (Wildman–Crippen LogP) is 7.37. The number of benzene rings is 3. The summed E-state index contributed by atoms with van der Waals surface area (Å²) in [6.07, 6.45) is 0. The Balaban J connectivity index is 1.32. The zero-order valence-corrected chi connectivity index (χ0v) is 22.5. The molecule has 0 atom stereocenters. The van der Waals surface area contributed by atoms with Crippen molar-refractivity contribution in [3.8, 4) is 16.4 Å². The van der Waals surface area contributed by atoms with E-state index in [1.165, 1.54) is 0 Å². The topological polar surface area (TPSA) is 29.2 Å². The van der Waals surface area contributed by atoms with Crippen molar-refractivity contribution in [2.45, 2.75) is 6.67 Å². The smallest absolute Gasteiger partial charge is 0.204 e. The van der Waals surface area contributed by atoms with E-state index < -0.39 is 0 Å². The van der Waals surface area contributed by atoms with E-state index in [0.717, 1.165) is 68.4 Å². The van der Waals surface area contributed by atoms with E-state index in [-0.39, 0.29) is 0 Å². The monoisotopic (exact) mass is 551 g/mol. The molecule has 6 rings (SSSR count). The molecule has 5 aromatic rings. The maximum atomic E-state index is 6.88. The number of hydrogen-bond donors (Lipinski definition) is 0. The number of para-hydroxylation sites is 1. The van der Waals surface area contributed by atoms with Gasteiger partial charge >= 0.3 is 0 Å². The van der Waals surface area contributed by atoms with Crippen molar-refractivity contribution in [3.05, 3.63) is 93.7 Å². The largest absolute Gasteiger partial charge is 0.369 e. The number of hydrogen-bond acceptors (Lipinski definition) is 5. The quantitative estimate of drug-likeness (QED) is 0.213. The fourth-order valence-corrected chi connectivity index (χ4v) is 6.59. The number of fused-ring (bicyclic) bond motifs is 1. The molecule has 0 spiro atoms. The highest BCUT2D eigenvalue weighted by Gasteiger charge is 2.23. The number of rotatable bonds is 5. The predicted molar refractivity (Wildman–Crippen MR) is 153 cm³/mol. The summed E-state index contributed by atoms with van der Waals surface area (Å²) in [7, 11) is 0. The third kappa shape index (κ3) is 4.46. The number of thiophene rings is 1. The standard InChI is InChI=1S/C27H23Cl2N5S2/c28-19-7-6-10-21(17-19)32-15-13-31(14-16-32)18-33-27(35)34(20-8-2-1-3-9-20)26(30-33)25-24(29)22-11-4-5-12-23(22)36-25/h1-12,17H,13-16,18H2. The Morgan fingerprint density at radius 2 is 1.56 bits per heavy atom. The first-order chi connectivity index (χ1) is 17.6. The molecule has 3 heterocycles. The molecule has 1 aliphatic heterocycles. The summed E-state index contributed by atoms with van der Waals surface area (Å²) in [4.78, 5) is 5.68. The van der Waals surface area contributed by atoms with Gasteiger partial charge in [-0.15, -0.1) is 16.4 Å². The summed E-state index contributed by atoms with van der Waals surface area (Å²) in [5, 5.41) is 7.54. The Kier molecular flexibility index (Phi) is 6.58. The third-order valence-corrected chi connectivity index (χ3v) is 8.77. The second kappa shape index (κ2) is 10.00. The van der Waals surface area contributed by atoms with Crippen molar-refractivity contribution in [3.63, 3.8) is 0 Å². The molecule has 0 aliphatic carbocycles. The lowest BCUT2D eigenvalue weighted by Gasteiger charge is -2.35. The highest BCUT2D eigenvalue weighted by atomic mass is 35.5. The summed E-state index contributed by atoms with van der Waals surface area (Å²) in [5.41, 5.74) is 2.14. The molecule has 9 heteroatoms. The van der Waals surface area contributed by atoms with E-state index in [4.69, 9.17) is 40.5 Å². The number of piperazine rings is 1. The number of anilines is 1. The number of nitrogens with zero attached hydrogens (tertiary/aromatic N) is 5. The first-order valence-electron chi connectivity index (χ1n) is 11.7. The van der Waals surface area contributed by atoms with Crippen LogP contribution in [0, 0.1) is 4.77 Å². The molecule has 0 radical (unpaired) electrons. The molecule has 3 aromatic carbocycles. The molecule has 0 N–H and O–H groups in total. The Bertz CT molecular complexity index is 1580. The number of halogens is 2. The number of aromatic nitrogens is 3. The van der Waals surface area contributed by atoms with Gasteiger partial charge in [0, 0.05) is 47.0 Å². The van der Waals surface area contributed by atoms with Crippen LogP contribution in [-0.4, -0.2) is 45.4 Å². The molecule has 36 heavy (non-hydrogen) atoms. The van der Waals surface area contributed by atoms with Crippen LogP contribution in [-0.2, 0) is 6.67 Å². The normalized spacial score (nSPS) is 14.6. The maximum absolute atomic E-state index is 6.88. The van der Waals surface area contributed by atoms with Gasteiger partial charge in [0.25, 0.3) is 0 Å². The molecule has 1 fully saturated rings. The van der Waals surface area contributed by atoms with Gasteiger partial charge in [-0.05, 0) is 48.6 Å². The van der Waals surface area contributed by atoms with E-state index in [9.17, 15) is 0 Å². The molecule has 1 aliphatic rings. The molecule has 2 aromatic heterocycles. The van der Waals surface area contributed by atoms with Gasteiger partial charge in [0.15, 0.2) is 5.82 Å². The second-order valence-corrected chi connectivity index (χ2v) is 11.0. The van der Waals surface area contributed by atoms with Crippen LogP contribution in [0.25, 0.3) is 26.5 Å². The molecule has 182 valence electrons. The van der Waals surface area contributed by atoms with Crippen molar-refractivity contribution in [1.29, 1.82) is 0 Å². The highest BCUT2D eigenvalue weighted by molar-refractivity contribution is 7.71. The van der Waals surface area contributed by atoms with Crippen molar-refractivity contribution in [2.75, 3.05) is 31.1 Å². The van der Waals surface area contributed by atoms with Crippen LogP contribution in [0.4, 0.5) is 5.69 Å². The minimum atomic E-state index is 0.623. The summed E-state index contributed by atoms with van der Waals surface area (Å²) in [6, 6.07) is 26.4. The van der Waals surface area contributed by atoms with E-state index in [1.807, 2.05) is 57.8 Å². The Morgan fingerprint density at radius 3 is 2.31 bits per heavy atom. The van der Waals surface area contributed by atoms with E-state index in [0.29, 0.717) is 11.4 Å². The minimum Gasteiger partial charge on any atom is -0.369 e. The van der Waals surface area contributed by atoms with Crippen LogP contribution < -0.4 is 4.90 Å². The van der Waals surface area contributed by atoms with Crippen molar-refractivity contribution in [1.82, 2.24) is 19.2 Å². The van der Waals surface area contributed by atoms with Gasteiger partial charge in [0.1, 0.15) is 0 Å². The highest BCUT2D eigenvalue weighted by Crippen LogP contribution is 2.42. The first-order valence-corrected chi connectivity index (χ1v) is 13.7. The molecule has 0 unspecified atom stereocenters. The zero-order chi connectivity index (χ0) is 24.6. The Hall–Kier alpha value is -2.68. The van der Waals surface area contributed by atoms with Gasteiger partial charge in [-0.2, -0.15) is 0 Å². The van der Waals surface area contributed by atoms with Crippen LogP contribution in [0.5, 0.6) is 0 Å². The average molecular weight is 553 g/mol. The molecular weight excluding hydrogens is 529 g/mol. The molecule has 0 saturated carbocycles. The maximum Gasteiger partial charge on any atom is 0.204 e. The molecular formula is C27H23Cl2N5S2. The van der Waals surface area contributed by atoms with Crippen LogP contribution in [0.1, 0.15) is 0 Å². The van der Waals surface area contributed by atoms with Gasteiger partial charge < -0.3 is 4.90 Å². The van der Waals surface area contributed by atoms with Gasteiger partial charge in [0.2, 0.25) is 4.77 Å². The lowest BCUT2D eigenvalue weighted by atomic mass is 10.2. The fourth-order valence-electron chi connectivity index (χ4n) is 4.62. The fraction of sp³-hybridized carbons (Fsp3) is 0.185. The van der Waals surface area contributed by atoms with Crippen LogP contribution >= 0.6 is 46.8 Å². The van der Waals surface area contributed by atoms with Crippen LogP contribution in [0.2, 0.25) is 10.0 Å². The van der Waals surface area contributed by atoms with E-state index in [1.54, 1.807) is 11.3 Å². The summed E-state index contributed by atoms with van der Waals surface area (Å²) in [6.45, 7) is 4.28. The molecule has 5 nitrogen and oxygen atoms in total. The van der Waals surface area contributed by atoms with Gasteiger partial charge in [0.05, 0.1) is 22.3 Å². The lowest BCUT2D eigenvalue weighted by molar-refractivity contribution is 0.194. The summed E-state index contributed by atoms with van der Waals surface area (Å²) >= 11 is 20.7. The Morgan fingerprint density at radius 1 is 0.833 bits per heavy atom. The van der Waals surface area contributed by atoms with Crippen molar-refractivity contribution in [2.24, 2.45) is 0 Å². The average Bonchev–Trinajstić information content (AvgIpc) is 3.41. The molecule has 0 amide bonds. The van der Waals surface area contributed by atoms with Crippen molar-refractivity contribution >= 4 is 62.5 Å². The molecule has 0 bridgehead atoms. The van der Waals surface area contributed by atoms with Crippen LogP contribution in [0.15, 0.2) is 78.9 Å². The third-order valence-electron chi connectivity index (χ3n) is 6.47. The van der Waals surface area contributed by atoms with Crippen LogP contribution in [0.3, 0.4) is 0 Å². The van der Waals surface area contributed by atoms with Gasteiger partial charge in [-0.3, -0.25) is 9.47 Å². The lowest BCUT2D eigenvalue weighted by Crippen LogP contribution is -2.47. The first kappa shape index (κ1) is 23.7. The Labute approximate surface area is 228 Å². The van der Waals surface area contributed by atoms with Gasteiger partial charge in [-0.1, -0.05) is 65.7 Å². The van der Waals surface area contributed by atoms with Crippen molar-refractivity contribution < 1.29 is 0 Å². The minimum absolute atomic E-state index is 0.623. The van der Waals surface area contributed by atoms with Gasteiger partial charge in [-0.25, -0.2) is 4.68 Å².